The summed E-state index contributed by atoms with van der Waals surface area (Å²) in [4.78, 5) is 4.37. The second-order valence-electron chi connectivity index (χ2n) is 6.21. The monoisotopic (exact) mass is 248 g/mol. The Labute approximate surface area is 110 Å². The Morgan fingerprint density at radius 2 is 2.11 bits per heavy atom. The number of nitrogens with one attached hydrogen (secondary N) is 1. The van der Waals surface area contributed by atoms with Gasteiger partial charge in [0.2, 0.25) is 0 Å². The van der Waals surface area contributed by atoms with Gasteiger partial charge in [-0.2, -0.15) is 0 Å². The topological polar surface area (TPSA) is 34.1 Å². The summed E-state index contributed by atoms with van der Waals surface area (Å²) < 4.78 is 6.05. The van der Waals surface area contributed by atoms with E-state index in [0.29, 0.717) is 6.10 Å². The number of pyridine rings is 1. The van der Waals surface area contributed by atoms with Crippen LogP contribution in [0.5, 0.6) is 5.75 Å². The van der Waals surface area contributed by atoms with Gasteiger partial charge in [0.15, 0.2) is 0 Å². The molecule has 0 atom stereocenters. The number of aromatic nitrogens is 1. The summed E-state index contributed by atoms with van der Waals surface area (Å²) in [6.07, 6.45) is 6.02. The van der Waals surface area contributed by atoms with Gasteiger partial charge in [0.25, 0.3) is 0 Å². The van der Waals surface area contributed by atoms with Crippen molar-refractivity contribution in [1.29, 1.82) is 0 Å². The zero-order valence-electron chi connectivity index (χ0n) is 11.9. The predicted octanol–water partition coefficient (Wildman–Crippen LogP) is 3.21. The third-order valence-electron chi connectivity index (χ3n) is 3.24. The number of hydrogen-bond acceptors (Lipinski definition) is 3. The van der Waals surface area contributed by atoms with E-state index < -0.39 is 0 Å². The first-order chi connectivity index (χ1) is 8.44. The highest BCUT2D eigenvalue weighted by atomic mass is 16.5. The molecule has 0 spiro atoms. The van der Waals surface area contributed by atoms with E-state index >= 15 is 0 Å². The molecule has 0 radical (unpaired) electrons. The highest BCUT2D eigenvalue weighted by Crippen LogP contribution is 2.28. The summed E-state index contributed by atoms with van der Waals surface area (Å²) in [7, 11) is 0. The molecule has 3 heteroatoms. The molecule has 0 amide bonds. The van der Waals surface area contributed by atoms with E-state index in [4.69, 9.17) is 4.74 Å². The fraction of sp³-hybridized carbons (Fsp3) is 0.667. The van der Waals surface area contributed by atoms with Gasteiger partial charge in [0.1, 0.15) is 5.75 Å². The van der Waals surface area contributed by atoms with Crippen LogP contribution in [0.15, 0.2) is 12.3 Å². The lowest BCUT2D eigenvalue weighted by Gasteiger charge is -2.28. The van der Waals surface area contributed by atoms with Crippen molar-refractivity contribution >= 4 is 0 Å². The maximum atomic E-state index is 6.05. The molecule has 1 heterocycles. The molecule has 100 valence electrons. The first kappa shape index (κ1) is 13.3. The van der Waals surface area contributed by atoms with Crippen LogP contribution in [0.3, 0.4) is 0 Å². The van der Waals surface area contributed by atoms with Crippen molar-refractivity contribution in [1.82, 2.24) is 10.3 Å². The van der Waals surface area contributed by atoms with Gasteiger partial charge in [0.05, 0.1) is 6.10 Å². The maximum Gasteiger partial charge on any atom is 0.127 e. The minimum absolute atomic E-state index is 0.110. The van der Waals surface area contributed by atoms with Gasteiger partial charge < -0.3 is 10.1 Å². The lowest BCUT2D eigenvalue weighted by molar-refractivity contribution is 0.118. The molecule has 0 aliphatic heterocycles. The fourth-order valence-electron chi connectivity index (χ4n) is 1.83. The molecule has 1 aromatic heterocycles. The summed E-state index contributed by atoms with van der Waals surface area (Å²) >= 11 is 0. The smallest absolute Gasteiger partial charge is 0.127 e. The standard InChI is InChI=1S/C15H24N2O/c1-11-8-14(18-13-6-5-7-13)12(9-16-11)10-17-15(2,3)4/h8-9,13,17H,5-7,10H2,1-4H3. The SMILES string of the molecule is Cc1cc(OC2CCC2)c(CNC(C)(C)C)cn1. The Morgan fingerprint density at radius 1 is 1.39 bits per heavy atom. The lowest BCUT2D eigenvalue weighted by Crippen LogP contribution is -2.35. The lowest BCUT2D eigenvalue weighted by atomic mass is 9.96. The van der Waals surface area contributed by atoms with Crippen molar-refractivity contribution in [2.45, 2.75) is 65.1 Å². The molecule has 1 saturated carbocycles. The van der Waals surface area contributed by atoms with Crippen LogP contribution in [0.2, 0.25) is 0 Å². The summed E-state index contributed by atoms with van der Waals surface area (Å²) in [6.45, 7) is 9.32. The molecular formula is C15H24N2O. The highest BCUT2D eigenvalue weighted by molar-refractivity contribution is 5.33. The fourth-order valence-corrected chi connectivity index (χ4v) is 1.83. The summed E-state index contributed by atoms with van der Waals surface area (Å²) in [5.74, 6) is 1.00. The van der Waals surface area contributed by atoms with Crippen LogP contribution in [0.25, 0.3) is 0 Å². The Kier molecular flexibility index (Phi) is 3.91. The molecular weight excluding hydrogens is 224 g/mol. The van der Waals surface area contributed by atoms with Crippen LogP contribution in [0.4, 0.5) is 0 Å². The van der Waals surface area contributed by atoms with Gasteiger partial charge in [0, 0.05) is 35.6 Å². The van der Waals surface area contributed by atoms with E-state index in [9.17, 15) is 0 Å². The number of hydrogen-bond donors (Lipinski definition) is 1. The normalized spacial score (nSPS) is 16.4. The van der Waals surface area contributed by atoms with Gasteiger partial charge in [-0.05, 0) is 47.0 Å². The van der Waals surface area contributed by atoms with Crippen LogP contribution >= 0.6 is 0 Å². The largest absolute Gasteiger partial charge is 0.490 e. The number of ether oxygens (including phenoxy) is 1. The number of nitrogens with zero attached hydrogens (tertiary/aromatic N) is 1. The van der Waals surface area contributed by atoms with E-state index in [2.05, 4.69) is 37.1 Å². The van der Waals surface area contributed by atoms with Crippen molar-refractivity contribution in [3.8, 4) is 5.75 Å². The third-order valence-corrected chi connectivity index (χ3v) is 3.24. The summed E-state index contributed by atoms with van der Waals surface area (Å²) in [6, 6.07) is 2.05. The second-order valence-corrected chi connectivity index (χ2v) is 6.21. The van der Waals surface area contributed by atoms with Crippen molar-refractivity contribution < 1.29 is 4.74 Å². The first-order valence-electron chi connectivity index (χ1n) is 6.81. The molecule has 1 fully saturated rings. The molecule has 3 nitrogen and oxygen atoms in total. The number of aryl methyl sites for hydroxylation is 1. The Morgan fingerprint density at radius 3 is 2.67 bits per heavy atom. The summed E-state index contributed by atoms with van der Waals surface area (Å²) in [5, 5.41) is 3.49. The molecule has 18 heavy (non-hydrogen) atoms. The van der Waals surface area contributed by atoms with Gasteiger partial charge >= 0.3 is 0 Å². The molecule has 2 rings (SSSR count). The Balaban J connectivity index is 2.07. The minimum atomic E-state index is 0.110. The number of rotatable bonds is 4. The third kappa shape index (κ3) is 3.70. The van der Waals surface area contributed by atoms with Gasteiger partial charge in [-0.25, -0.2) is 0 Å². The van der Waals surface area contributed by atoms with Crippen molar-refractivity contribution in [3.05, 3.63) is 23.5 Å². The van der Waals surface area contributed by atoms with Crippen LogP contribution in [-0.4, -0.2) is 16.6 Å². The minimum Gasteiger partial charge on any atom is -0.490 e. The molecule has 1 aliphatic carbocycles. The zero-order chi connectivity index (χ0) is 13.2. The zero-order valence-corrected chi connectivity index (χ0v) is 11.9. The van der Waals surface area contributed by atoms with Crippen LogP contribution in [-0.2, 0) is 6.54 Å². The van der Waals surface area contributed by atoms with E-state index in [-0.39, 0.29) is 5.54 Å². The van der Waals surface area contributed by atoms with Gasteiger partial charge in [-0.3, -0.25) is 4.98 Å². The molecule has 1 aliphatic rings. The average molecular weight is 248 g/mol. The first-order valence-corrected chi connectivity index (χ1v) is 6.81. The van der Waals surface area contributed by atoms with Crippen molar-refractivity contribution in [3.63, 3.8) is 0 Å². The Bertz CT molecular complexity index is 405. The highest BCUT2D eigenvalue weighted by Gasteiger charge is 2.21. The van der Waals surface area contributed by atoms with E-state index in [1.54, 1.807) is 0 Å². The Hall–Kier alpha value is -1.09. The molecule has 0 bridgehead atoms. The van der Waals surface area contributed by atoms with E-state index in [1.807, 2.05) is 13.1 Å². The quantitative estimate of drug-likeness (QED) is 0.888. The molecule has 0 saturated heterocycles. The van der Waals surface area contributed by atoms with Crippen LogP contribution in [0.1, 0.15) is 51.3 Å². The molecule has 0 aromatic carbocycles. The summed E-state index contributed by atoms with van der Waals surface area (Å²) in [5.41, 5.74) is 2.28. The van der Waals surface area contributed by atoms with E-state index in [0.717, 1.165) is 23.6 Å². The van der Waals surface area contributed by atoms with Crippen LogP contribution in [0, 0.1) is 6.92 Å². The molecule has 1 aromatic rings. The average Bonchev–Trinajstić information content (AvgIpc) is 2.21. The van der Waals surface area contributed by atoms with Gasteiger partial charge in [-0.15, -0.1) is 0 Å². The van der Waals surface area contributed by atoms with E-state index in [1.165, 1.54) is 19.3 Å². The van der Waals surface area contributed by atoms with Crippen LogP contribution < -0.4 is 10.1 Å². The van der Waals surface area contributed by atoms with Crippen molar-refractivity contribution in [2.75, 3.05) is 0 Å². The maximum absolute atomic E-state index is 6.05. The molecule has 0 unspecified atom stereocenters. The van der Waals surface area contributed by atoms with Crippen molar-refractivity contribution in [2.24, 2.45) is 0 Å². The second kappa shape index (κ2) is 5.27. The predicted molar refractivity (Wildman–Crippen MR) is 73.8 cm³/mol. The molecule has 1 N–H and O–H groups in total. The van der Waals surface area contributed by atoms with Gasteiger partial charge in [-0.1, -0.05) is 0 Å².